The van der Waals surface area contributed by atoms with Crippen molar-refractivity contribution in [2.45, 2.75) is 12.5 Å². The summed E-state index contributed by atoms with van der Waals surface area (Å²) >= 11 is 11.1. The van der Waals surface area contributed by atoms with E-state index in [1.807, 2.05) is 0 Å². The molecule has 0 spiro atoms. The van der Waals surface area contributed by atoms with Crippen molar-refractivity contribution < 1.29 is 14.7 Å². The van der Waals surface area contributed by atoms with Crippen molar-refractivity contribution in [3.05, 3.63) is 16.5 Å². The van der Waals surface area contributed by atoms with E-state index >= 15 is 0 Å². The molecule has 1 rings (SSSR count). The van der Waals surface area contributed by atoms with Gasteiger partial charge in [-0.1, -0.05) is 11.6 Å². The molecule has 0 aliphatic carbocycles. The van der Waals surface area contributed by atoms with Crippen LogP contribution in [0, 0.1) is 0 Å². The summed E-state index contributed by atoms with van der Waals surface area (Å²) < 4.78 is 0. The molecule has 4 N–H and O–H groups in total. The molecule has 0 saturated carbocycles. The lowest BCUT2D eigenvalue weighted by Crippen LogP contribution is -2.37. The van der Waals surface area contributed by atoms with Crippen molar-refractivity contribution in [3.63, 3.8) is 0 Å². The standard InChI is InChI=1S/C8H8Cl2N4O3/c9-4-2-5(14-8(10)12-4)13-7(17)3(11)1-6(15)16/h2-3H,1,11H2,(H,15,16)(H,12,13,14,17). The number of hydrogen-bond donors (Lipinski definition) is 3. The van der Waals surface area contributed by atoms with E-state index in [-0.39, 0.29) is 16.3 Å². The number of carbonyl (C=O) groups excluding carboxylic acids is 1. The van der Waals surface area contributed by atoms with Crippen molar-refractivity contribution in [1.82, 2.24) is 9.97 Å². The van der Waals surface area contributed by atoms with E-state index in [9.17, 15) is 9.59 Å². The first-order chi connectivity index (χ1) is 7.88. The summed E-state index contributed by atoms with van der Waals surface area (Å²) in [6.07, 6.45) is -0.488. The van der Waals surface area contributed by atoms with E-state index in [1.165, 1.54) is 6.07 Å². The second kappa shape index (κ2) is 5.76. The molecule has 0 aromatic carbocycles. The lowest BCUT2D eigenvalue weighted by atomic mass is 10.2. The molecule has 0 bridgehead atoms. The van der Waals surface area contributed by atoms with Gasteiger partial charge in [-0.15, -0.1) is 0 Å². The van der Waals surface area contributed by atoms with Gasteiger partial charge in [-0.05, 0) is 11.6 Å². The molecule has 7 nitrogen and oxygen atoms in total. The average Bonchev–Trinajstić information content (AvgIpc) is 2.14. The number of carboxylic acid groups (broad SMARTS) is 1. The maximum atomic E-state index is 11.4. The van der Waals surface area contributed by atoms with E-state index in [0.717, 1.165) is 0 Å². The number of nitrogens with one attached hydrogen (secondary N) is 1. The molecule has 1 aromatic heterocycles. The molecular weight excluding hydrogens is 271 g/mol. The second-order valence-corrected chi connectivity index (χ2v) is 3.76. The quantitative estimate of drug-likeness (QED) is 0.546. The first-order valence-corrected chi connectivity index (χ1v) is 5.12. The largest absolute Gasteiger partial charge is 0.481 e. The molecule has 0 aliphatic rings. The Morgan fingerprint density at radius 3 is 2.65 bits per heavy atom. The number of hydrogen-bond acceptors (Lipinski definition) is 5. The molecule has 0 saturated heterocycles. The number of carbonyl (C=O) groups is 2. The summed E-state index contributed by atoms with van der Waals surface area (Å²) in [7, 11) is 0. The maximum absolute atomic E-state index is 11.4. The average molecular weight is 279 g/mol. The summed E-state index contributed by atoms with van der Waals surface area (Å²) in [5.41, 5.74) is 5.34. The zero-order valence-electron chi connectivity index (χ0n) is 8.35. The predicted molar refractivity (Wildman–Crippen MR) is 60.9 cm³/mol. The third kappa shape index (κ3) is 4.51. The number of nitrogens with two attached hydrogens (primary N) is 1. The number of anilines is 1. The number of carboxylic acids is 1. The Morgan fingerprint density at radius 2 is 2.12 bits per heavy atom. The number of aromatic nitrogens is 2. The highest BCUT2D eigenvalue weighted by atomic mass is 35.5. The fourth-order valence-electron chi connectivity index (χ4n) is 0.954. The first kappa shape index (κ1) is 13.6. The highest BCUT2D eigenvalue weighted by Crippen LogP contribution is 2.14. The summed E-state index contributed by atoms with van der Waals surface area (Å²) in [4.78, 5) is 29.0. The molecule has 1 amide bonds. The van der Waals surface area contributed by atoms with Crippen LogP contribution in [-0.2, 0) is 9.59 Å². The minimum Gasteiger partial charge on any atom is -0.481 e. The van der Waals surface area contributed by atoms with Crippen LogP contribution in [0.4, 0.5) is 5.82 Å². The Hall–Kier alpha value is -1.44. The van der Waals surface area contributed by atoms with Crippen LogP contribution in [0.5, 0.6) is 0 Å². The molecule has 17 heavy (non-hydrogen) atoms. The fraction of sp³-hybridized carbons (Fsp3) is 0.250. The fourth-order valence-corrected chi connectivity index (χ4v) is 1.36. The number of nitrogens with zero attached hydrogens (tertiary/aromatic N) is 2. The Labute approximate surface area is 106 Å². The number of halogens is 2. The van der Waals surface area contributed by atoms with Gasteiger partial charge in [0.25, 0.3) is 0 Å². The van der Waals surface area contributed by atoms with Crippen LogP contribution < -0.4 is 11.1 Å². The molecule has 92 valence electrons. The minimum atomic E-state index is -1.18. The van der Waals surface area contributed by atoms with E-state index < -0.39 is 24.3 Å². The van der Waals surface area contributed by atoms with Gasteiger partial charge in [-0.25, -0.2) is 9.97 Å². The molecule has 0 aliphatic heterocycles. The Kier molecular flexibility index (Phi) is 4.62. The molecule has 1 aromatic rings. The monoisotopic (exact) mass is 278 g/mol. The van der Waals surface area contributed by atoms with E-state index in [0.29, 0.717) is 0 Å². The van der Waals surface area contributed by atoms with Crippen LogP contribution in [-0.4, -0.2) is 33.0 Å². The van der Waals surface area contributed by atoms with Crippen LogP contribution >= 0.6 is 23.2 Å². The van der Waals surface area contributed by atoms with Gasteiger partial charge in [0.2, 0.25) is 11.2 Å². The highest BCUT2D eigenvalue weighted by molar-refractivity contribution is 6.32. The summed E-state index contributed by atoms with van der Waals surface area (Å²) in [6, 6.07) is 0.0822. The van der Waals surface area contributed by atoms with Crippen LogP contribution in [0.25, 0.3) is 0 Å². The first-order valence-electron chi connectivity index (χ1n) is 4.37. The second-order valence-electron chi connectivity index (χ2n) is 3.04. The van der Waals surface area contributed by atoms with Crippen LogP contribution in [0.2, 0.25) is 10.4 Å². The molecule has 9 heteroatoms. The zero-order valence-corrected chi connectivity index (χ0v) is 9.87. The molecule has 1 atom stereocenters. The van der Waals surface area contributed by atoms with Crippen molar-refractivity contribution >= 4 is 40.9 Å². The SMILES string of the molecule is NC(CC(=O)O)C(=O)Nc1cc(Cl)nc(Cl)n1. The smallest absolute Gasteiger partial charge is 0.305 e. The highest BCUT2D eigenvalue weighted by Gasteiger charge is 2.17. The Bertz CT molecular complexity index is 434. The van der Waals surface area contributed by atoms with Gasteiger partial charge in [0.05, 0.1) is 12.5 Å². The molecule has 0 radical (unpaired) electrons. The van der Waals surface area contributed by atoms with Gasteiger partial charge in [0.1, 0.15) is 11.0 Å². The van der Waals surface area contributed by atoms with Crippen molar-refractivity contribution in [3.8, 4) is 0 Å². The third-order valence-corrected chi connectivity index (χ3v) is 2.01. The van der Waals surface area contributed by atoms with Crippen LogP contribution in [0.1, 0.15) is 6.42 Å². The van der Waals surface area contributed by atoms with Gasteiger partial charge in [-0.2, -0.15) is 0 Å². The van der Waals surface area contributed by atoms with Crippen LogP contribution in [0.3, 0.4) is 0 Å². The normalized spacial score (nSPS) is 11.9. The molecular formula is C8H8Cl2N4O3. The molecule has 1 heterocycles. The van der Waals surface area contributed by atoms with Crippen molar-refractivity contribution in [2.24, 2.45) is 5.73 Å². The van der Waals surface area contributed by atoms with Gasteiger partial charge >= 0.3 is 5.97 Å². The predicted octanol–water partition coefficient (Wildman–Crippen LogP) is 0.524. The van der Waals surface area contributed by atoms with Gasteiger partial charge in [0.15, 0.2) is 0 Å². The Balaban J connectivity index is 2.70. The lowest BCUT2D eigenvalue weighted by Gasteiger charge is -2.09. The summed E-state index contributed by atoms with van der Waals surface area (Å²) in [5, 5.41) is 10.6. The molecule has 0 fully saturated rings. The van der Waals surface area contributed by atoms with Gasteiger partial charge in [0, 0.05) is 6.07 Å². The third-order valence-electron chi connectivity index (χ3n) is 1.65. The topological polar surface area (TPSA) is 118 Å². The minimum absolute atomic E-state index is 0.0482. The van der Waals surface area contributed by atoms with Crippen LogP contribution in [0.15, 0.2) is 6.07 Å². The van der Waals surface area contributed by atoms with E-state index in [2.05, 4.69) is 15.3 Å². The van der Waals surface area contributed by atoms with E-state index in [4.69, 9.17) is 34.0 Å². The number of amides is 1. The van der Waals surface area contributed by atoms with E-state index in [1.54, 1.807) is 0 Å². The maximum Gasteiger partial charge on any atom is 0.305 e. The number of rotatable bonds is 4. The zero-order chi connectivity index (χ0) is 13.0. The molecule has 1 unspecified atom stereocenters. The van der Waals surface area contributed by atoms with Gasteiger partial charge in [-0.3, -0.25) is 9.59 Å². The number of aliphatic carboxylic acids is 1. The van der Waals surface area contributed by atoms with Crippen molar-refractivity contribution in [1.29, 1.82) is 0 Å². The Morgan fingerprint density at radius 1 is 1.47 bits per heavy atom. The van der Waals surface area contributed by atoms with Gasteiger partial charge < -0.3 is 16.2 Å². The summed E-state index contributed by atoms with van der Waals surface area (Å²) in [5.74, 6) is -1.81. The lowest BCUT2D eigenvalue weighted by molar-refractivity contribution is -0.138. The summed E-state index contributed by atoms with van der Waals surface area (Å²) in [6.45, 7) is 0. The van der Waals surface area contributed by atoms with Crippen molar-refractivity contribution in [2.75, 3.05) is 5.32 Å².